The van der Waals surface area contributed by atoms with E-state index in [0.29, 0.717) is 17.4 Å². The lowest BCUT2D eigenvalue weighted by molar-refractivity contribution is 0.00283. The number of aromatic nitrogens is 2. The molecule has 2 atom stereocenters. The van der Waals surface area contributed by atoms with Crippen LogP contribution in [0.1, 0.15) is 52.1 Å². The van der Waals surface area contributed by atoms with Crippen molar-refractivity contribution in [3.63, 3.8) is 0 Å². The Morgan fingerprint density at radius 3 is 2.64 bits per heavy atom. The van der Waals surface area contributed by atoms with Crippen LogP contribution < -0.4 is 5.32 Å². The van der Waals surface area contributed by atoms with Gasteiger partial charge in [0.25, 0.3) is 0 Å². The molecule has 2 aliphatic rings. The van der Waals surface area contributed by atoms with Gasteiger partial charge >= 0.3 is 6.09 Å². The Kier molecular flexibility index (Phi) is 4.80. The summed E-state index contributed by atoms with van der Waals surface area (Å²) < 4.78 is 5.57. The van der Waals surface area contributed by atoms with Crippen molar-refractivity contribution in [2.24, 2.45) is 5.92 Å². The van der Waals surface area contributed by atoms with Crippen molar-refractivity contribution in [3.05, 3.63) is 18.1 Å². The fraction of sp³-hybridized carbons (Fsp3) is 0.667. The lowest BCUT2D eigenvalue weighted by atomic mass is 9.91. The molecule has 1 amide bonds. The molecular formula is C18H25N5O2. The van der Waals surface area contributed by atoms with Crippen LogP contribution >= 0.6 is 0 Å². The molecule has 7 heteroatoms. The van der Waals surface area contributed by atoms with Gasteiger partial charge in [0.2, 0.25) is 0 Å². The predicted molar refractivity (Wildman–Crippen MR) is 92.8 cm³/mol. The van der Waals surface area contributed by atoms with E-state index in [1.807, 2.05) is 31.7 Å². The summed E-state index contributed by atoms with van der Waals surface area (Å²) in [4.78, 5) is 22.6. The average Bonchev–Trinajstić information content (AvgIpc) is 2.83. The van der Waals surface area contributed by atoms with E-state index in [1.54, 1.807) is 6.20 Å². The highest BCUT2D eigenvalue weighted by Crippen LogP contribution is 2.39. The van der Waals surface area contributed by atoms with E-state index >= 15 is 0 Å². The van der Waals surface area contributed by atoms with Gasteiger partial charge in [-0.3, -0.25) is 4.98 Å². The van der Waals surface area contributed by atoms with Crippen molar-refractivity contribution in [3.8, 4) is 6.07 Å². The van der Waals surface area contributed by atoms with E-state index in [4.69, 9.17) is 10.00 Å². The minimum absolute atomic E-state index is 0.181. The van der Waals surface area contributed by atoms with Crippen LogP contribution in [0.15, 0.2) is 12.4 Å². The first-order valence-corrected chi connectivity index (χ1v) is 8.83. The molecule has 0 radical (unpaired) electrons. The van der Waals surface area contributed by atoms with E-state index in [1.165, 1.54) is 6.20 Å². The lowest BCUT2D eigenvalue weighted by Crippen LogP contribution is -2.49. The number of hydrogen-bond acceptors (Lipinski definition) is 6. The molecule has 3 rings (SSSR count). The Morgan fingerprint density at radius 2 is 2.04 bits per heavy atom. The van der Waals surface area contributed by atoms with Crippen LogP contribution in [0, 0.1) is 17.2 Å². The van der Waals surface area contributed by atoms with E-state index in [9.17, 15) is 4.79 Å². The SMILES string of the molecule is CC(C)(C)OC(=O)N1C2CCC1CC(CNc1cncc(C#N)n1)C2. The zero-order valence-corrected chi connectivity index (χ0v) is 15.0. The number of fused-ring (bicyclic) bond motifs is 2. The normalized spacial score (nSPS) is 25.4. The van der Waals surface area contributed by atoms with Crippen LogP contribution in [-0.4, -0.2) is 45.2 Å². The quantitative estimate of drug-likeness (QED) is 0.907. The molecule has 134 valence electrons. The number of rotatable bonds is 3. The van der Waals surface area contributed by atoms with Gasteiger partial charge in [0, 0.05) is 18.6 Å². The highest BCUT2D eigenvalue weighted by molar-refractivity contribution is 5.69. The topological polar surface area (TPSA) is 91.1 Å². The second kappa shape index (κ2) is 6.87. The number of amides is 1. The third kappa shape index (κ3) is 4.19. The maximum atomic E-state index is 12.5. The molecule has 3 heterocycles. The van der Waals surface area contributed by atoms with E-state index in [-0.39, 0.29) is 18.2 Å². The van der Waals surface area contributed by atoms with Gasteiger partial charge in [-0.25, -0.2) is 9.78 Å². The molecular weight excluding hydrogens is 318 g/mol. The fourth-order valence-corrected chi connectivity index (χ4v) is 3.82. The molecule has 1 N–H and O–H groups in total. The van der Waals surface area contributed by atoms with Crippen molar-refractivity contribution in [1.29, 1.82) is 5.26 Å². The summed E-state index contributed by atoms with van der Waals surface area (Å²) in [7, 11) is 0. The highest BCUT2D eigenvalue weighted by Gasteiger charge is 2.44. The molecule has 1 aromatic rings. The number of carbonyl (C=O) groups is 1. The van der Waals surface area contributed by atoms with Crippen molar-refractivity contribution >= 4 is 11.9 Å². The van der Waals surface area contributed by atoms with Crippen molar-refractivity contribution in [2.45, 2.75) is 64.1 Å². The van der Waals surface area contributed by atoms with Gasteiger partial charge in [-0.1, -0.05) is 0 Å². The van der Waals surface area contributed by atoms with Gasteiger partial charge in [0.1, 0.15) is 17.5 Å². The van der Waals surface area contributed by atoms with Gasteiger partial charge in [-0.2, -0.15) is 5.26 Å². The number of nitrogens with zero attached hydrogens (tertiary/aromatic N) is 4. The molecule has 2 saturated heterocycles. The summed E-state index contributed by atoms with van der Waals surface area (Å²) in [5.74, 6) is 1.10. The Balaban J connectivity index is 1.56. The molecule has 2 fully saturated rings. The number of piperidine rings is 1. The van der Waals surface area contributed by atoms with Gasteiger partial charge in [-0.15, -0.1) is 0 Å². The smallest absolute Gasteiger partial charge is 0.410 e. The summed E-state index contributed by atoms with van der Waals surface area (Å²) in [6, 6.07) is 2.52. The second-order valence-electron chi connectivity index (χ2n) is 7.89. The van der Waals surface area contributed by atoms with Crippen LogP contribution in [0.5, 0.6) is 0 Å². The highest BCUT2D eigenvalue weighted by atomic mass is 16.6. The van der Waals surface area contributed by atoms with E-state index in [2.05, 4.69) is 15.3 Å². The van der Waals surface area contributed by atoms with E-state index in [0.717, 1.165) is 32.2 Å². The van der Waals surface area contributed by atoms with E-state index < -0.39 is 5.60 Å². The average molecular weight is 343 g/mol. The fourth-order valence-electron chi connectivity index (χ4n) is 3.82. The van der Waals surface area contributed by atoms with Gasteiger partial charge in [0.15, 0.2) is 5.69 Å². The minimum Gasteiger partial charge on any atom is -0.444 e. The lowest BCUT2D eigenvalue weighted by Gasteiger charge is -2.39. The molecule has 2 bridgehead atoms. The Hall–Kier alpha value is -2.36. The number of anilines is 1. The summed E-state index contributed by atoms with van der Waals surface area (Å²) in [6.07, 6.45) is 6.92. The monoisotopic (exact) mass is 343 g/mol. The Morgan fingerprint density at radius 1 is 1.36 bits per heavy atom. The van der Waals surface area contributed by atoms with Crippen LogP contribution in [0.4, 0.5) is 10.6 Å². The summed E-state index contributed by atoms with van der Waals surface area (Å²) in [5.41, 5.74) is -0.149. The zero-order valence-electron chi connectivity index (χ0n) is 15.0. The maximum Gasteiger partial charge on any atom is 0.410 e. The number of ether oxygens (including phenoxy) is 1. The molecule has 2 aliphatic heterocycles. The van der Waals surface area contributed by atoms with Crippen molar-refractivity contribution in [2.75, 3.05) is 11.9 Å². The predicted octanol–water partition coefficient (Wildman–Crippen LogP) is 2.94. The molecule has 0 aliphatic carbocycles. The van der Waals surface area contributed by atoms with Crippen LogP contribution in [0.3, 0.4) is 0 Å². The molecule has 0 aromatic carbocycles. The Bertz CT molecular complexity index is 665. The number of nitrogens with one attached hydrogen (secondary N) is 1. The summed E-state index contributed by atoms with van der Waals surface area (Å²) >= 11 is 0. The molecule has 2 unspecified atom stereocenters. The second-order valence-corrected chi connectivity index (χ2v) is 7.89. The molecule has 7 nitrogen and oxygen atoms in total. The van der Waals surface area contributed by atoms with Crippen LogP contribution in [-0.2, 0) is 4.74 Å². The molecule has 0 saturated carbocycles. The number of carbonyl (C=O) groups excluding carboxylic acids is 1. The van der Waals surface area contributed by atoms with Crippen molar-refractivity contribution < 1.29 is 9.53 Å². The van der Waals surface area contributed by atoms with Gasteiger partial charge in [-0.05, 0) is 52.4 Å². The maximum absolute atomic E-state index is 12.5. The molecule has 25 heavy (non-hydrogen) atoms. The standard InChI is InChI=1S/C18H25N5O2/c1-18(2,3)25-17(24)23-14-4-5-15(23)7-12(6-14)9-21-16-11-20-10-13(8-19)22-16/h10-12,14-15H,4-7,9H2,1-3H3,(H,21,22). The van der Waals surface area contributed by atoms with Crippen LogP contribution in [0.2, 0.25) is 0 Å². The summed E-state index contributed by atoms with van der Waals surface area (Å²) in [5, 5.41) is 12.2. The number of nitriles is 1. The third-order valence-electron chi connectivity index (χ3n) is 4.76. The largest absolute Gasteiger partial charge is 0.444 e. The Labute approximate surface area is 148 Å². The number of hydrogen-bond donors (Lipinski definition) is 1. The van der Waals surface area contributed by atoms with Crippen LogP contribution in [0.25, 0.3) is 0 Å². The first-order valence-electron chi connectivity index (χ1n) is 8.83. The minimum atomic E-state index is -0.459. The third-order valence-corrected chi connectivity index (χ3v) is 4.76. The van der Waals surface area contributed by atoms with Gasteiger partial charge < -0.3 is 15.0 Å². The molecule has 0 spiro atoms. The zero-order chi connectivity index (χ0) is 18.0. The first kappa shape index (κ1) is 17.5. The first-order chi connectivity index (χ1) is 11.9. The molecule has 1 aromatic heterocycles. The van der Waals surface area contributed by atoms with Gasteiger partial charge in [0.05, 0.1) is 12.4 Å². The van der Waals surface area contributed by atoms with Crippen molar-refractivity contribution in [1.82, 2.24) is 14.9 Å². The summed E-state index contributed by atoms with van der Waals surface area (Å²) in [6.45, 7) is 6.48.